The van der Waals surface area contributed by atoms with Gasteiger partial charge in [0.15, 0.2) is 0 Å². The Kier molecular flexibility index (Phi) is 4.80. The average Bonchev–Trinajstić information content (AvgIpc) is 2.45. The number of rotatable bonds is 4. The van der Waals surface area contributed by atoms with Crippen LogP contribution in [0.5, 0.6) is 5.75 Å². The van der Waals surface area contributed by atoms with Crippen LogP contribution in [0.4, 0.5) is 0 Å². The summed E-state index contributed by atoms with van der Waals surface area (Å²) in [6, 6.07) is 7.50. The van der Waals surface area contributed by atoms with E-state index in [0.29, 0.717) is 29.8 Å². The molecule has 0 heterocycles. The van der Waals surface area contributed by atoms with Crippen LogP contribution in [0, 0.1) is 5.92 Å². The third-order valence-corrected chi connectivity index (χ3v) is 3.71. The molecule has 0 aromatic heterocycles. The van der Waals surface area contributed by atoms with E-state index in [1.54, 1.807) is 19.2 Å². The molecule has 4 nitrogen and oxygen atoms in total. The van der Waals surface area contributed by atoms with Crippen molar-refractivity contribution in [2.75, 3.05) is 13.7 Å². The van der Waals surface area contributed by atoms with E-state index in [9.17, 15) is 4.79 Å². The van der Waals surface area contributed by atoms with Crippen molar-refractivity contribution in [2.24, 2.45) is 11.7 Å². The number of benzene rings is 1. The van der Waals surface area contributed by atoms with E-state index < -0.39 is 0 Å². The van der Waals surface area contributed by atoms with Crippen LogP contribution in [0.3, 0.4) is 0 Å². The molecule has 2 rings (SSSR count). The van der Waals surface area contributed by atoms with Crippen LogP contribution >= 0.6 is 0 Å². The lowest BCUT2D eigenvalue weighted by molar-refractivity contribution is 0.0942. The summed E-state index contributed by atoms with van der Waals surface area (Å²) in [6.45, 7) is 0.712. The van der Waals surface area contributed by atoms with Gasteiger partial charge in [-0.2, -0.15) is 0 Å². The van der Waals surface area contributed by atoms with E-state index in [1.165, 1.54) is 6.42 Å². The number of hydrogen-bond acceptors (Lipinski definition) is 3. The predicted octanol–water partition coefficient (Wildman–Crippen LogP) is 1.94. The molecule has 1 amide bonds. The van der Waals surface area contributed by atoms with Gasteiger partial charge in [0.25, 0.3) is 5.91 Å². The van der Waals surface area contributed by atoms with E-state index in [1.807, 2.05) is 12.1 Å². The number of nitrogens with two attached hydrogens (primary N) is 1. The molecule has 2 atom stereocenters. The molecule has 0 radical (unpaired) electrons. The molecule has 1 aromatic carbocycles. The topological polar surface area (TPSA) is 64.3 Å². The largest absolute Gasteiger partial charge is 0.497 e. The SMILES string of the molecule is COc1cccc(C(=O)NCC2CCCC(N)C2)c1. The summed E-state index contributed by atoms with van der Waals surface area (Å²) in [7, 11) is 1.60. The molecule has 1 aliphatic rings. The Balaban J connectivity index is 1.86. The van der Waals surface area contributed by atoms with Crippen LogP contribution in [-0.4, -0.2) is 25.6 Å². The minimum Gasteiger partial charge on any atom is -0.497 e. The smallest absolute Gasteiger partial charge is 0.251 e. The highest BCUT2D eigenvalue weighted by molar-refractivity contribution is 5.94. The molecule has 0 bridgehead atoms. The molecule has 2 unspecified atom stereocenters. The van der Waals surface area contributed by atoms with E-state index >= 15 is 0 Å². The second kappa shape index (κ2) is 6.57. The number of methoxy groups -OCH3 is 1. The predicted molar refractivity (Wildman–Crippen MR) is 75.3 cm³/mol. The molecular weight excluding hydrogens is 240 g/mol. The number of nitrogens with one attached hydrogen (secondary N) is 1. The normalized spacial score (nSPS) is 22.8. The molecule has 1 aromatic rings. The van der Waals surface area contributed by atoms with Gasteiger partial charge >= 0.3 is 0 Å². The quantitative estimate of drug-likeness (QED) is 0.871. The average molecular weight is 262 g/mol. The zero-order chi connectivity index (χ0) is 13.7. The van der Waals surface area contributed by atoms with Crippen LogP contribution in [0.15, 0.2) is 24.3 Å². The third kappa shape index (κ3) is 3.96. The first-order chi connectivity index (χ1) is 9.19. The first-order valence-corrected chi connectivity index (χ1v) is 6.87. The summed E-state index contributed by atoms with van der Waals surface area (Å²) in [6.07, 6.45) is 4.45. The Morgan fingerprint density at radius 3 is 3.05 bits per heavy atom. The second-order valence-corrected chi connectivity index (χ2v) is 5.23. The van der Waals surface area contributed by atoms with Crippen molar-refractivity contribution in [3.8, 4) is 5.75 Å². The van der Waals surface area contributed by atoms with Crippen LogP contribution < -0.4 is 15.8 Å². The van der Waals surface area contributed by atoms with Gasteiger partial charge in [-0.05, 0) is 43.4 Å². The maximum absolute atomic E-state index is 12.0. The molecular formula is C15H22N2O2. The molecule has 104 valence electrons. The highest BCUT2D eigenvalue weighted by Crippen LogP contribution is 2.22. The van der Waals surface area contributed by atoms with Gasteiger partial charge < -0.3 is 15.8 Å². The lowest BCUT2D eigenvalue weighted by Crippen LogP contribution is -2.35. The monoisotopic (exact) mass is 262 g/mol. The molecule has 3 N–H and O–H groups in total. The summed E-state index contributed by atoms with van der Waals surface area (Å²) >= 11 is 0. The minimum atomic E-state index is -0.0435. The molecule has 1 aliphatic carbocycles. The summed E-state index contributed by atoms with van der Waals surface area (Å²) in [5.41, 5.74) is 6.59. The number of amides is 1. The van der Waals surface area contributed by atoms with Crippen molar-refractivity contribution >= 4 is 5.91 Å². The van der Waals surface area contributed by atoms with Crippen LogP contribution in [0.1, 0.15) is 36.0 Å². The fourth-order valence-corrected chi connectivity index (χ4v) is 2.62. The molecule has 0 spiro atoms. The van der Waals surface area contributed by atoms with Crippen molar-refractivity contribution in [2.45, 2.75) is 31.7 Å². The lowest BCUT2D eigenvalue weighted by Gasteiger charge is -2.26. The highest BCUT2D eigenvalue weighted by atomic mass is 16.5. The summed E-state index contributed by atoms with van der Waals surface area (Å²) < 4.78 is 5.12. The first kappa shape index (κ1) is 13.9. The molecule has 4 heteroatoms. The maximum atomic E-state index is 12.0. The van der Waals surface area contributed by atoms with Crippen LogP contribution in [0.2, 0.25) is 0 Å². The van der Waals surface area contributed by atoms with Crippen molar-refractivity contribution in [1.82, 2.24) is 5.32 Å². The second-order valence-electron chi connectivity index (χ2n) is 5.23. The van der Waals surface area contributed by atoms with E-state index in [4.69, 9.17) is 10.5 Å². The van der Waals surface area contributed by atoms with Crippen molar-refractivity contribution in [3.63, 3.8) is 0 Å². The Morgan fingerprint density at radius 2 is 2.32 bits per heavy atom. The van der Waals surface area contributed by atoms with E-state index in [-0.39, 0.29) is 5.91 Å². The number of carbonyl (C=O) groups excluding carboxylic acids is 1. The standard InChI is InChI=1S/C15H22N2O2/c1-19-14-7-3-5-12(9-14)15(18)17-10-11-4-2-6-13(16)8-11/h3,5,7,9,11,13H,2,4,6,8,10,16H2,1H3,(H,17,18). The highest BCUT2D eigenvalue weighted by Gasteiger charge is 2.19. The molecule has 1 fully saturated rings. The van der Waals surface area contributed by atoms with Gasteiger partial charge in [-0.15, -0.1) is 0 Å². The minimum absolute atomic E-state index is 0.0435. The molecule has 19 heavy (non-hydrogen) atoms. The van der Waals surface area contributed by atoms with Crippen molar-refractivity contribution in [3.05, 3.63) is 29.8 Å². The van der Waals surface area contributed by atoms with E-state index in [2.05, 4.69) is 5.32 Å². The third-order valence-electron chi connectivity index (χ3n) is 3.71. The van der Waals surface area contributed by atoms with Crippen molar-refractivity contribution < 1.29 is 9.53 Å². The Hall–Kier alpha value is -1.55. The number of carbonyl (C=O) groups is 1. The van der Waals surface area contributed by atoms with Gasteiger partial charge in [-0.3, -0.25) is 4.79 Å². The molecule has 1 saturated carbocycles. The molecule has 0 saturated heterocycles. The summed E-state index contributed by atoms with van der Waals surface area (Å²) in [4.78, 5) is 12.0. The maximum Gasteiger partial charge on any atom is 0.251 e. The number of hydrogen-bond donors (Lipinski definition) is 2. The van der Waals surface area contributed by atoms with Gasteiger partial charge in [0.2, 0.25) is 0 Å². The Bertz CT molecular complexity index is 434. The van der Waals surface area contributed by atoms with Gasteiger partial charge in [0.1, 0.15) is 5.75 Å². The van der Waals surface area contributed by atoms with Gasteiger partial charge in [-0.25, -0.2) is 0 Å². The Labute approximate surface area is 114 Å². The van der Waals surface area contributed by atoms with Crippen LogP contribution in [-0.2, 0) is 0 Å². The van der Waals surface area contributed by atoms with Gasteiger partial charge in [0.05, 0.1) is 7.11 Å². The zero-order valence-corrected chi connectivity index (χ0v) is 11.4. The lowest BCUT2D eigenvalue weighted by atomic mass is 9.86. The number of ether oxygens (including phenoxy) is 1. The summed E-state index contributed by atoms with van der Waals surface area (Å²) in [5, 5.41) is 2.99. The van der Waals surface area contributed by atoms with Gasteiger partial charge in [0, 0.05) is 18.2 Å². The summed E-state index contributed by atoms with van der Waals surface area (Å²) in [5.74, 6) is 1.17. The van der Waals surface area contributed by atoms with Crippen molar-refractivity contribution in [1.29, 1.82) is 0 Å². The van der Waals surface area contributed by atoms with Gasteiger partial charge in [-0.1, -0.05) is 12.5 Å². The first-order valence-electron chi connectivity index (χ1n) is 6.87. The molecule has 0 aliphatic heterocycles. The Morgan fingerprint density at radius 1 is 1.47 bits per heavy atom. The fraction of sp³-hybridized carbons (Fsp3) is 0.533. The zero-order valence-electron chi connectivity index (χ0n) is 11.4. The fourth-order valence-electron chi connectivity index (χ4n) is 2.62. The van der Waals surface area contributed by atoms with Crippen LogP contribution in [0.25, 0.3) is 0 Å². The van der Waals surface area contributed by atoms with E-state index in [0.717, 1.165) is 19.3 Å².